The van der Waals surface area contributed by atoms with Crippen LogP contribution in [0.15, 0.2) is 65.6 Å². The molecule has 0 fully saturated rings. The van der Waals surface area contributed by atoms with Gasteiger partial charge in [0.15, 0.2) is 5.65 Å². The van der Waals surface area contributed by atoms with Crippen molar-refractivity contribution in [1.82, 2.24) is 14.2 Å². The highest BCUT2D eigenvalue weighted by atomic mass is 35.5. The fourth-order valence-electron chi connectivity index (χ4n) is 3.53. The SMILES string of the molecule is Cc1ccc(-c2c(-c3ccc(Cl)cc3)ccn3c(=O)n(CCCC(F)(F)F)nc23)cc1. The average Bonchev–Trinajstić information content (AvgIpc) is 3.04. The highest BCUT2D eigenvalue weighted by Crippen LogP contribution is 2.35. The molecule has 4 nitrogen and oxygen atoms in total. The van der Waals surface area contributed by atoms with Crippen molar-refractivity contribution in [3.05, 3.63) is 81.9 Å². The first-order valence-corrected chi connectivity index (χ1v) is 10.1. The van der Waals surface area contributed by atoms with Crippen molar-refractivity contribution < 1.29 is 13.2 Å². The number of halogens is 4. The molecule has 4 rings (SSSR count). The fraction of sp³-hybridized carbons (Fsp3) is 0.217. The van der Waals surface area contributed by atoms with E-state index >= 15 is 0 Å². The van der Waals surface area contributed by atoms with E-state index in [1.54, 1.807) is 18.3 Å². The maximum Gasteiger partial charge on any atom is 0.389 e. The summed E-state index contributed by atoms with van der Waals surface area (Å²) in [6.45, 7) is 1.87. The van der Waals surface area contributed by atoms with Gasteiger partial charge in [0.1, 0.15) is 0 Å². The number of aromatic nitrogens is 3. The number of fused-ring (bicyclic) bond motifs is 1. The molecule has 0 bridgehead atoms. The molecule has 0 saturated carbocycles. The second-order valence-corrected chi connectivity index (χ2v) is 7.83. The van der Waals surface area contributed by atoms with Gasteiger partial charge in [-0.1, -0.05) is 53.6 Å². The van der Waals surface area contributed by atoms with Crippen molar-refractivity contribution in [2.24, 2.45) is 0 Å². The van der Waals surface area contributed by atoms with Gasteiger partial charge in [0.05, 0.1) is 0 Å². The number of pyridine rings is 1. The molecule has 0 amide bonds. The number of hydrogen-bond acceptors (Lipinski definition) is 2. The molecule has 160 valence electrons. The van der Waals surface area contributed by atoms with E-state index in [2.05, 4.69) is 5.10 Å². The minimum absolute atomic E-state index is 0.108. The Morgan fingerprint density at radius 2 is 1.61 bits per heavy atom. The summed E-state index contributed by atoms with van der Waals surface area (Å²) in [5.41, 5.74) is 4.34. The molecule has 0 atom stereocenters. The summed E-state index contributed by atoms with van der Waals surface area (Å²) in [7, 11) is 0. The van der Waals surface area contributed by atoms with Crippen LogP contribution in [-0.2, 0) is 6.54 Å². The monoisotopic (exact) mass is 445 g/mol. The van der Waals surface area contributed by atoms with E-state index < -0.39 is 18.3 Å². The maximum atomic E-state index is 12.8. The Labute approximate surface area is 181 Å². The van der Waals surface area contributed by atoms with E-state index in [1.165, 1.54) is 4.40 Å². The number of benzene rings is 2. The Morgan fingerprint density at radius 1 is 0.968 bits per heavy atom. The number of hydrogen-bond donors (Lipinski definition) is 0. The van der Waals surface area contributed by atoms with Gasteiger partial charge in [-0.15, -0.1) is 5.10 Å². The molecule has 2 aromatic heterocycles. The van der Waals surface area contributed by atoms with Crippen LogP contribution >= 0.6 is 11.6 Å². The first-order valence-electron chi connectivity index (χ1n) is 9.75. The molecule has 0 radical (unpaired) electrons. The number of nitrogens with zero attached hydrogens (tertiary/aromatic N) is 3. The molecule has 31 heavy (non-hydrogen) atoms. The quantitative estimate of drug-likeness (QED) is 0.370. The number of rotatable bonds is 5. The smallest absolute Gasteiger partial charge is 0.250 e. The van der Waals surface area contributed by atoms with E-state index in [-0.39, 0.29) is 13.0 Å². The zero-order valence-electron chi connectivity index (χ0n) is 16.7. The second-order valence-electron chi connectivity index (χ2n) is 7.40. The van der Waals surface area contributed by atoms with E-state index in [0.29, 0.717) is 10.7 Å². The minimum atomic E-state index is -4.27. The van der Waals surface area contributed by atoms with Gasteiger partial charge in [0, 0.05) is 29.7 Å². The van der Waals surface area contributed by atoms with Gasteiger partial charge in [0.25, 0.3) is 0 Å². The maximum absolute atomic E-state index is 12.8. The standard InChI is InChI=1S/C23H19ClF3N3O/c1-15-3-5-17(6-4-15)20-19(16-7-9-18(24)10-8-16)11-14-29-21(20)28-30(22(29)31)13-2-12-23(25,26)27/h3-11,14H,2,12-13H2,1H3. The van der Waals surface area contributed by atoms with Gasteiger partial charge in [-0.25, -0.2) is 13.9 Å². The third kappa shape index (κ3) is 4.51. The molecule has 0 spiro atoms. The van der Waals surface area contributed by atoms with Gasteiger partial charge in [-0.3, -0.25) is 0 Å². The van der Waals surface area contributed by atoms with Crippen molar-refractivity contribution in [1.29, 1.82) is 0 Å². The molecule has 2 heterocycles. The molecular weight excluding hydrogens is 427 g/mol. The molecule has 2 aromatic carbocycles. The summed E-state index contributed by atoms with van der Waals surface area (Å²) >= 11 is 6.03. The van der Waals surface area contributed by atoms with Crippen LogP contribution in [0.3, 0.4) is 0 Å². The topological polar surface area (TPSA) is 39.3 Å². The van der Waals surface area contributed by atoms with Crippen LogP contribution in [0.5, 0.6) is 0 Å². The first-order chi connectivity index (χ1) is 14.7. The lowest BCUT2D eigenvalue weighted by Gasteiger charge is -2.12. The zero-order valence-corrected chi connectivity index (χ0v) is 17.4. The van der Waals surface area contributed by atoms with Crippen LogP contribution in [0.4, 0.5) is 13.2 Å². The van der Waals surface area contributed by atoms with Crippen molar-refractivity contribution >= 4 is 17.2 Å². The third-order valence-electron chi connectivity index (χ3n) is 5.08. The van der Waals surface area contributed by atoms with Gasteiger partial charge >= 0.3 is 11.9 Å². The Hall–Kier alpha value is -3.06. The lowest BCUT2D eigenvalue weighted by molar-refractivity contribution is -0.136. The highest BCUT2D eigenvalue weighted by molar-refractivity contribution is 6.30. The van der Waals surface area contributed by atoms with Crippen molar-refractivity contribution in [3.63, 3.8) is 0 Å². The Balaban J connectivity index is 1.88. The van der Waals surface area contributed by atoms with Crippen LogP contribution in [0.25, 0.3) is 27.9 Å². The summed E-state index contributed by atoms with van der Waals surface area (Å²) in [6, 6.07) is 16.9. The average molecular weight is 446 g/mol. The van der Waals surface area contributed by atoms with Crippen LogP contribution < -0.4 is 5.69 Å². The Kier molecular flexibility index (Phi) is 5.62. The highest BCUT2D eigenvalue weighted by Gasteiger charge is 2.26. The Morgan fingerprint density at radius 3 is 2.26 bits per heavy atom. The lowest BCUT2D eigenvalue weighted by atomic mass is 9.95. The predicted octanol–water partition coefficient (Wildman–Crippen LogP) is 6.13. The molecule has 0 N–H and O–H groups in total. The molecule has 4 aromatic rings. The molecule has 0 unspecified atom stereocenters. The summed E-state index contributed by atoms with van der Waals surface area (Å²) in [4.78, 5) is 12.8. The number of alkyl halides is 3. The predicted molar refractivity (Wildman–Crippen MR) is 115 cm³/mol. The van der Waals surface area contributed by atoms with Gasteiger partial charge in [-0.05, 0) is 48.2 Å². The van der Waals surface area contributed by atoms with Crippen LogP contribution in [0.1, 0.15) is 18.4 Å². The van der Waals surface area contributed by atoms with E-state index in [9.17, 15) is 18.0 Å². The van der Waals surface area contributed by atoms with Gasteiger partial charge in [-0.2, -0.15) is 13.2 Å². The third-order valence-corrected chi connectivity index (χ3v) is 5.33. The molecule has 0 aliphatic rings. The van der Waals surface area contributed by atoms with Crippen molar-refractivity contribution in [2.75, 3.05) is 0 Å². The molecule has 0 aliphatic heterocycles. The zero-order chi connectivity index (χ0) is 22.2. The number of aryl methyl sites for hydroxylation is 2. The van der Waals surface area contributed by atoms with Crippen molar-refractivity contribution in [2.45, 2.75) is 32.5 Å². The summed E-state index contributed by atoms with van der Waals surface area (Å²) in [6.07, 6.45) is -3.84. The van der Waals surface area contributed by atoms with Crippen LogP contribution in [0.2, 0.25) is 5.02 Å². The molecular formula is C23H19ClF3N3O. The lowest BCUT2D eigenvalue weighted by Crippen LogP contribution is -2.22. The normalized spacial score (nSPS) is 11.9. The largest absolute Gasteiger partial charge is 0.389 e. The van der Waals surface area contributed by atoms with Crippen molar-refractivity contribution in [3.8, 4) is 22.3 Å². The molecule has 0 saturated heterocycles. The second kappa shape index (κ2) is 8.23. The van der Waals surface area contributed by atoms with Crippen LogP contribution in [0, 0.1) is 6.92 Å². The van der Waals surface area contributed by atoms with Gasteiger partial charge in [0.2, 0.25) is 0 Å². The fourth-order valence-corrected chi connectivity index (χ4v) is 3.65. The Bertz CT molecular complexity index is 1270. The first kappa shape index (κ1) is 21.2. The van der Waals surface area contributed by atoms with E-state index in [4.69, 9.17) is 11.6 Å². The molecule has 0 aliphatic carbocycles. The van der Waals surface area contributed by atoms with E-state index in [0.717, 1.165) is 32.5 Å². The van der Waals surface area contributed by atoms with Gasteiger partial charge < -0.3 is 0 Å². The summed E-state index contributed by atoms with van der Waals surface area (Å²) < 4.78 is 40.1. The van der Waals surface area contributed by atoms with Crippen LogP contribution in [-0.4, -0.2) is 20.4 Å². The summed E-state index contributed by atoms with van der Waals surface area (Å²) in [5.74, 6) is 0. The summed E-state index contributed by atoms with van der Waals surface area (Å²) in [5, 5.41) is 5.01. The van der Waals surface area contributed by atoms with E-state index in [1.807, 2.05) is 49.4 Å². The minimum Gasteiger partial charge on any atom is -0.250 e. The molecule has 8 heteroatoms.